The molecule has 2 aromatic carbocycles. The summed E-state index contributed by atoms with van der Waals surface area (Å²) in [6, 6.07) is 23.4. The van der Waals surface area contributed by atoms with Crippen LogP contribution in [0.2, 0.25) is 0 Å². The van der Waals surface area contributed by atoms with Crippen molar-refractivity contribution in [3.63, 3.8) is 0 Å². The number of benzene rings is 2. The molecule has 0 spiro atoms. The number of carbonyl (C=O) groups excluding carboxylic acids is 1. The quantitative estimate of drug-likeness (QED) is 0.353. The second-order valence-corrected chi connectivity index (χ2v) is 9.15. The molecular weight excluding hydrogens is 452 g/mol. The maximum Gasteiger partial charge on any atom is 0.260 e. The molecule has 1 amide bonds. The fraction of sp³-hybridized carbons (Fsp3) is 0.276. The standard InChI is InChI=1S/C29H30N4O3/c1-21-26(28(31-36-21)22-9-5-3-6-10-22)20-35-27-14-13-23(19-30-27)29(34)33(24-11-7-4-8-12-24)25-15-17-32(2)18-16-25/h3-14,19,25H,15-18,20H2,1-2H3. The van der Waals surface area contributed by atoms with Crippen molar-refractivity contribution >= 4 is 11.6 Å². The normalized spacial score (nSPS) is 14.5. The molecule has 0 radical (unpaired) electrons. The monoisotopic (exact) mass is 482 g/mol. The van der Waals surface area contributed by atoms with Crippen LogP contribution < -0.4 is 9.64 Å². The number of aromatic nitrogens is 2. The number of amides is 1. The molecule has 5 rings (SSSR count). The molecule has 36 heavy (non-hydrogen) atoms. The summed E-state index contributed by atoms with van der Waals surface area (Å²) in [5.41, 5.74) is 4.05. The summed E-state index contributed by atoms with van der Waals surface area (Å²) < 4.78 is 11.4. The van der Waals surface area contributed by atoms with Gasteiger partial charge in [0.05, 0.1) is 11.1 Å². The van der Waals surface area contributed by atoms with Crippen molar-refractivity contribution in [1.82, 2.24) is 15.0 Å². The van der Waals surface area contributed by atoms with E-state index in [4.69, 9.17) is 9.26 Å². The van der Waals surface area contributed by atoms with Crippen molar-refractivity contribution in [2.45, 2.75) is 32.4 Å². The van der Waals surface area contributed by atoms with Crippen LogP contribution >= 0.6 is 0 Å². The summed E-state index contributed by atoms with van der Waals surface area (Å²) >= 11 is 0. The van der Waals surface area contributed by atoms with Crippen molar-refractivity contribution in [2.75, 3.05) is 25.0 Å². The molecule has 1 aliphatic heterocycles. The number of ether oxygens (including phenoxy) is 1. The first-order chi connectivity index (χ1) is 17.6. The van der Waals surface area contributed by atoms with Crippen LogP contribution in [-0.2, 0) is 6.61 Å². The fourth-order valence-electron chi connectivity index (χ4n) is 4.60. The number of likely N-dealkylation sites (tertiary alicyclic amines) is 1. The van der Waals surface area contributed by atoms with E-state index in [1.165, 1.54) is 0 Å². The SMILES string of the molecule is Cc1onc(-c2ccccc2)c1COc1ccc(C(=O)N(c2ccccc2)C2CCN(C)CC2)cn1. The van der Waals surface area contributed by atoms with Crippen LogP contribution in [0.15, 0.2) is 83.5 Å². The summed E-state index contributed by atoms with van der Waals surface area (Å²) in [5.74, 6) is 1.10. The number of anilines is 1. The molecule has 0 aliphatic carbocycles. The van der Waals surface area contributed by atoms with Gasteiger partial charge in [0, 0.05) is 29.6 Å². The van der Waals surface area contributed by atoms with Gasteiger partial charge in [0.15, 0.2) is 0 Å². The second kappa shape index (κ2) is 10.7. The maximum atomic E-state index is 13.6. The molecule has 0 saturated carbocycles. The molecule has 1 fully saturated rings. The summed E-state index contributed by atoms with van der Waals surface area (Å²) in [6.07, 6.45) is 3.47. The zero-order valence-electron chi connectivity index (χ0n) is 20.6. The lowest BCUT2D eigenvalue weighted by Gasteiger charge is -2.37. The Labute approximate surface area is 211 Å². The van der Waals surface area contributed by atoms with Crippen LogP contribution in [0.25, 0.3) is 11.3 Å². The Morgan fingerprint density at radius 2 is 1.72 bits per heavy atom. The van der Waals surface area contributed by atoms with Gasteiger partial charge in [-0.25, -0.2) is 4.98 Å². The molecule has 184 valence electrons. The van der Waals surface area contributed by atoms with Gasteiger partial charge >= 0.3 is 0 Å². The highest BCUT2D eigenvalue weighted by Gasteiger charge is 2.29. The fourth-order valence-corrected chi connectivity index (χ4v) is 4.60. The van der Waals surface area contributed by atoms with Crippen molar-refractivity contribution in [1.29, 1.82) is 0 Å². The Balaban J connectivity index is 1.31. The number of hydrogen-bond donors (Lipinski definition) is 0. The van der Waals surface area contributed by atoms with Crippen molar-refractivity contribution in [3.05, 3.63) is 95.9 Å². The van der Waals surface area contributed by atoms with E-state index < -0.39 is 0 Å². The molecular formula is C29H30N4O3. The van der Waals surface area contributed by atoms with Gasteiger partial charge in [-0.15, -0.1) is 0 Å². The third-order valence-corrected chi connectivity index (χ3v) is 6.69. The summed E-state index contributed by atoms with van der Waals surface area (Å²) in [6.45, 7) is 4.08. The zero-order chi connectivity index (χ0) is 24.9. The minimum absolute atomic E-state index is 0.0453. The van der Waals surface area contributed by atoms with Crippen LogP contribution in [-0.4, -0.2) is 47.1 Å². The summed E-state index contributed by atoms with van der Waals surface area (Å²) in [7, 11) is 2.12. The van der Waals surface area contributed by atoms with Gasteiger partial charge in [0.1, 0.15) is 18.1 Å². The summed E-state index contributed by atoms with van der Waals surface area (Å²) in [4.78, 5) is 22.3. The lowest BCUT2D eigenvalue weighted by atomic mass is 10.0. The van der Waals surface area contributed by atoms with E-state index >= 15 is 0 Å². The Hall–Kier alpha value is -3.97. The maximum absolute atomic E-state index is 13.6. The number of hydrogen-bond acceptors (Lipinski definition) is 6. The number of nitrogens with zero attached hydrogens (tertiary/aromatic N) is 4. The Kier molecular flexibility index (Phi) is 7.09. The molecule has 1 aliphatic rings. The molecule has 2 aromatic heterocycles. The van der Waals surface area contributed by atoms with Gasteiger partial charge in [0.25, 0.3) is 5.91 Å². The highest BCUT2D eigenvalue weighted by atomic mass is 16.5. The topological polar surface area (TPSA) is 71.7 Å². The van der Waals surface area contributed by atoms with Gasteiger partial charge in [-0.1, -0.05) is 53.7 Å². The Bertz CT molecular complexity index is 1280. The minimum atomic E-state index is -0.0453. The van der Waals surface area contributed by atoms with Crippen LogP contribution in [0.4, 0.5) is 5.69 Å². The lowest BCUT2D eigenvalue weighted by Crippen LogP contribution is -2.46. The predicted molar refractivity (Wildman–Crippen MR) is 139 cm³/mol. The first-order valence-electron chi connectivity index (χ1n) is 12.3. The smallest absolute Gasteiger partial charge is 0.260 e. The number of aryl methyl sites for hydroxylation is 1. The molecule has 0 atom stereocenters. The van der Waals surface area contributed by atoms with E-state index in [9.17, 15) is 4.79 Å². The molecule has 4 aromatic rings. The molecule has 0 bridgehead atoms. The number of para-hydroxylation sites is 1. The predicted octanol–water partition coefficient (Wildman–Crippen LogP) is 5.37. The number of carbonyl (C=O) groups is 1. The molecule has 1 saturated heterocycles. The highest BCUT2D eigenvalue weighted by Crippen LogP contribution is 2.28. The van der Waals surface area contributed by atoms with Crippen molar-refractivity contribution in [3.8, 4) is 17.1 Å². The van der Waals surface area contributed by atoms with E-state index in [-0.39, 0.29) is 18.6 Å². The molecule has 7 heteroatoms. The second-order valence-electron chi connectivity index (χ2n) is 9.15. The number of piperidine rings is 1. The largest absolute Gasteiger partial charge is 0.473 e. The van der Waals surface area contributed by atoms with E-state index in [0.29, 0.717) is 17.2 Å². The van der Waals surface area contributed by atoms with Gasteiger partial charge in [-0.2, -0.15) is 0 Å². The van der Waals surface area contributed by atoms with E-state index in [0.717, 1.165) is 48.4 Å². The van der Waals surface area contributed by atoms with Gasteiger partial charge < -0.3 is 19.1 Å². The average Bonchev–Trinajstić information content (AvgIpc) is 3.30. The number of rotatable bonds is 7. The van der Waals surface area contributed by atoms with Gasteiger partial charge in [0.2, 0.25) is 5.88 Å². The van der Waals surface area contributed by atoms with Gasteiger partial charge in [-0.3, -0.25) is 4.79 Å². The van der Waals surface area contributed by atoms with Crippen molar-refractivity contribution < 1.29 is 14.1 Å². The van der Waals surface area contributed by atoms with Crippen LogP contribution in [0.3, 0.4) is 0 Å². The first-order valence-corrected chi connectivity index (χ1v) is 12.3. The van der Waals surface area contributed by atoms with Crippen LogP contribution in [0.5, 0.6) is 5.88 Å². The summed E-state index contributed by atoms with van der Waals surface area (Å²) in [5, 5.41) is 4.20. The van der Waals surface area contributed by atoms with E-state index in [1.54, 1.807) is 18.3 Å². The zero-order valence-corrected chi connectivity index (χ0v) is 20.6. The molecule has 0 unspecified atom stereocenters. The highest BCUT2D eigenvalue weighted by molar-refractivity contribution is 6.06. The van der Waals surface area contributed by atoms with Crippen LogP contribution in [0, 0.1) is 6.92 Å². The van der Waals surface area contributed by atoms with Gasteiger partial charge in [-0.05, 0) is 58.1 Å². The third-order valence-electron chi connectivity index (χ3n) is 6.69. The first kappa shape index (κ1) is 23.8. The van der Waals surface area contributed by atoms with Crippen molar-refractivity contribution in [2.24, 2.45) is 0 Å². The minimum Gasteiger partial charge on any atom is -0.473 e. The van der Waals surface area contributed by atoms with E-state index in [1.807, 2.05) is 72.5 Å². The lowest BCUT2D eigenvalue weighted by molar-refractivity contribution is 0.0963. The van der Waals surface area contributed by atoms with E-state index in [2.05, 4.69) is 22.1 Å². The molecule has 7 nitrogen and oxygen atoms in total. The average molecular weight is 483 g/mol. The Morgan fingerprint density at radius 3 is 2.39 bits per heavy atom. The Morgan fingerprint density at radius 1 is 1.03 bits per heavy atom. The number of pyridine rings is 1. The third kappa shape index (κ3) is 5.16. The molecule has 0 N–H and O–H groups in total. The molecule has 3 heterocycles. The van der Waals surface area contributed by atoms with Crippen LogP contribution in [0.1, 0.15) is 34.5 Å².